The van der Waals surface area contributed by atoms with Gasteiger partial charge in [0, 0.05) is 117 Å². The van der Waals surface area contributed by atoms with Gasteiger partial charge in [-0.25, -0.2) is 0 Å². The van der Waals surface area contributed by atoms with Crippen LogP contribution in [0.25, 0.3) is 0 Å². The molecule has 6 saturated heterocycles. The van der Waals surface area contributed by atoms with Gasteiger partial charge in [0.15, 0.2) is 0 Å². The number of rotatable bonds is 6. The van der Waals surface area contributed by atoms with E-state index in [4.69, 9.17) is 85.8 Å². The standard InChI is InChI=1S/C87H96B6N6O12/c1-7-73-79-43-94-37-61-13-25-67(26-14-61)88-100-49-85(50-101-88)53-106-91(107-54-85)70-31-19-64(20-32-70)40-97-46-82-76(10-4)83-47-98-41-65-21-33-71(34-22-65)92-108-55-86(56-109-92)51-102-89(103-52-86)68-27-15-62(16-28-68)38-95-44-80(73)75(9-3)81(74(79)8-2)45-96-39-63-17-29-69(30-18-63)90-104-57-87(58-105-90)59-110-93(111-60-87)72-35-23-66(24-36-72)42-99-48-84(77(82)11-5)78(83)12-6/h13-42H,7-12,43-60H2,1-6H3. The number of hydrogen-bond donors (Lipinski definition) is 0. The molecule has 24 heteroatoms. The molecule has 45 aliphatic heterocycles. The van der Waals surface area contributed by atoms with E-state index in [0.29, 0.717) is 119 Å². The van der Waals surface area contributed by atoms with Crippen LogP contribution in [0.3, 0.4) is 0 Å². The summed E-state index contributed by atoms with van der Waals surface area (Å²) in [4.78, 5) is 31.3. The topological polar surface area (TPSA) is 185 Å². The minimum atomic E-state index is -0.521. The Bertz CT molecular complexity index is 3910. The molecule has 0 atom stereocenters. The van der Waals surface area contributed by atoms with Gasteiger partial charge in [0.2, 0.25) is 0 Å². The lowest BCUT2D eigenvalue weighted by atomic mass is 9.72. The Labute approximate surface area is 655 Å². The van der Waals surface area contributed by atoms with Crippen LogP contribution in [-0.4, -0.2) is 159 Å². The van der Waals surface area contributed by atoms with Crippen molar-refractivity contribution in [2.75, 3.05) is 79.3 Å². The molecule has 0 amide bonds. The third-order valence-corrected chi connectivity index (χ3v) is 23.2. The molecule has 27 bridgehead atoms. The molecule has 45 aliphatic rings. The van der Waals surface area contributed by atoms with Crippen molar-refractivity contribution in [1.29, 1.82) is 0 Å². The minimum Gasteiger partial charge on any atom is -0.406 e. The molecule has 0 radical (unpaired) electrons. The summed E-state index contributed by atoms with van der Waals surface area (Å²) < 4.78 is 77.8. The summed E-state index contributed by atoms with van der Waals surface area (Å²) in [5.74, 6) is 0. The van der Waals surface area contributed by atoms with E-state index in [-0.39, 0.29) is 0 Å². The van der Waals surface area contributed by atoms with Gasteiger partial charge in [-0.15, -0.1) is 0 Å². The molecule has 0 aliphatic carbocycles. The molecule has 45 heterocycles. The third kappa shape index (κ3) is 17.0. The molecule has 0 saturated carbocycles. The van der Waals surface area contributed by atoms with Gasteiger partial charge < -0.3 is 55.9 Å². The van der Waals surface area contributed by atoms with E-state index in [1.54, 1.807) is 0 Å². The van der Waals surface area contributed by atoms with Crippen LogP contribution in [0.1, 0.15) is 142 Å². The Kier molecular flexibility index (Phi) is 24.2. The highest BCUT2D eigenvalue weighted by Crippen LogP contribution is 2.37. The van der Waals surface area contributed by atoms with Crippen LogP contribution < -0.4 is 32.8 Å². The molecule has 111 heavy (non-hydrogen) atoms. The van der Waals surface area contributed by atoms with Crippen LogP contribution in [0, 0.1) is 16.2 Å². The van der Waals surface area contributed by atoms with Crippen molar-refractivity contribution in [3.05, 3.63) is 246 Å². The Hall–Kier alpha value is -8.31. The third-order valence-electron chi connectivity index (χ3n) is 23.2. The fraction of sp³-hybridized carbons (Fsp3) is 0.379. The average molecular weight is 1480 g/mol. The van der Waals surface area contributed by atoms with Gasteiger partial charge in [-0.1, -0.05) is 187 Å². The molecular formula is C87H96B6N6O12. The molecule has 53 rings (SSSR count). The fourth-order valence-corrected chi connectivity index (χ4v) is 17.0. The Morgan fingerprint density at radius 2 is 0.333 bits per heavy atom. The second-order valence-corrected chi connectivity index (χ2v) is 30.9. The zero-order valence-electron chi connectivity index (χ0n) is 64.8. The SMILES string of the molecule is CCc1c2c(CC)c3c(CC)c1CN=Cc1ccc(cc1)B1OCC4(CO1)COB(OC4)c1ccc(cc1)C=NCc1c(CC)c(c(CC)c(c1CC)CN=Cc1ccc(cc1)B1OCC4(COB(OC4)c4ccc(cc4)C=NC3)CO1)CN=Cc1ccc(cc1)B1OCC3(COB(OC3)c3ccc(cc3)C=NC2)CO1. The van der Waals surface area contributed by atoms with Crippen molar-refractivity contribution in [2.24, 2.45) is 46.2 Å². The highest BCUT2D eigenvalue weighted by Gasteiger charge is 2.48. The molecule has 6 fully saturated rings. The first-order valence-electron chi connectivity index (χ1n) is 39.9. The van der Waals surface area contributed by atoms with E-state index in [9.17, 15) is 0 Å². The number of hydrogen-bond acceptors (Lipinski definition) is 18. The maximum atomic E-state index is 6.48. The molecule has 0 unspecified atom stereocenters. The van der Waals surface area contributed by atoms with E-state index in [0.717, 1.165) is 105 Å². The summed E-state index contributed by atoms with van der Waals surface area (Å²) in [7, 11) is -3.13. The van der Waals surface area contributed by atoms with Gasteiger partial charge in [-0.2, -0.15) is 0 Å². The van der Waals surface area contributed by atoms with Gasteiger partial charge in [-0.3, -0.25) is 30.0 Å². The van der Waals surface area contributed by atoms with Gasteiger partial charge in [-0.05, 0) is 171 Å². The van der Waals surface area contributed by atoms with Crippen LogP contribution >= 0.6 is 0 Å². The zero-order chi connectivity index (χ0) is 75.7. The molecule has 3 spiro atoms. The molecule has 564 valence electrons. The summed E-state index contributed by atoms with van der Waals surface area (Å²) in [6.07, 6.45) is 16.8. The summed E-state index contributed by atoms with van der Waals surface area (Å²) in [5, 5.41) is 0. The van der Waals surface area contributed by atoms with Crippen LogP contribution in [0.5, 0.6) is 0 Å². The molecular weight excluding hydrogens is 1390 g/mol. The van der Waals surface area contributed by atoms with Crippen molar-refractivity contribution in [1.82, 2.24) is 0 Å². The molecule has 8 aromatic carbocycles. The lowest BCUT2D eigenvalue weighted by molar-refractivity contribution is -0.0789. The molecule has 0 N–H and O–H groups in total. The maximum Gasteiger partial charge on any atom is 0.493 e. The van der Waals surface area contributed by atoms with Crippen LogP contribution in [0.4, 0.5) is 0 Å². The highest BCUT2D eigenvalue weighted by molar-refractivity contribution is 6.64. The van der Waals surface area contributed by atoms with Crippen molar-refractivity contribution < 1.29 is 55.9 Å². The van der Waals surface area contributed by atoms with E-state index in [2.05, 4.69) is 187 Å². The number of aliphatic imine (C=N–C) groups is 6. The first kappa shape index (κ1) is 76.7. The van der Waals surface area contributed by atoms with Crippen molar-refractivity contribution in [3.8, 4) is 0 Å². The monoisotopic (exact) mass is 1480 g/mol. The summed E-state index contributed by atoms with van der Waals surface area (Å²) in [6.45, 7) is 21.8. The van der Waals surface area contributed by atoms with E-state index < -0.39 is 59.0 Å². The molecule has 8 aromatic rings. The van der Waals surface area contributed by atoms with E-state index in [1.807, 2.05) is 37.3 Å². The Balaban J connectivity index is 0.732. The first-order valence-corrected chi connectivity index (χ1v) is 39.9. The second kappa shape index (κ2) is 35.0. The quantitative estimate of drug-likeness (QED) is 0.144. The molecule has 18 nitrogen and oxygen atoms in total. The Morgan fingerprint density at radius 1 is 0.207 bits per heavy atom. The van der Waals surface area contributed by atoms with Crippen LogP contribution in [0.2, 0.25) is 0 Å². The fourth-order valence-electron chi connectivity index (χ4n) is 17.0. The average Bonchev–Trinajstić information content (AvgIpc) is 0.774. The minimum absolute atomic E-state index is 0.433. The highest BCUT2D eigenvalue weighted by atomic mass is 16.6. The number of benzene rings is 8. The van der Waals surface area contributed by atoms with Gasteiger partial charge in [0.05, 0.1) is 55.5 Å². The zero-order valence-corrected chi connectivity index (χ0v) is 64.8. The lowest BCUT2D eigenvalue weighted by Gasteiger charge is -2.42. The van der Waals surface area contributed by atoms with Crippen LogP contribution in [0.15, 0.2) is 176 Å². The lowest BCUT2D eigenvalue weighted by Crippen LogP contribution is -2.58. The summed E-state index contributed by atoms with van der Waals surface area (Å²) in [5.41, 5.74) is 25.4. The van der Waals surface area contributed by atoms with Crippen molar-refractivity contribution in [3.63, 3.8) is 0 Å². The van der Waals surface area contributed by atoms with Gasteiger partial charge >= 0.3 is 42.7 Å². The predicted molar refractivity (Wildman–Crippen MR) is 447 cm³/mol. The predicted octanol–water partition coefficient (Wildman–Crippen LogP) is 8.91. The van der Waals surface area contributed by atoms with E-state index in [1.165, 1.54) is 66.8 Å². The summed E-state index contributed by atoms with van der Waals surface area (Å²) in [6, 6.07) is 49.9. The Morgan fingerprint density at radius 3 is 0.450 bits per heavy atom. The first-order chi connectivity index (χ1) is 54.5. The molecule has 0 aromatic heterocycles. The maximum absolute atomic E-state index is 6.48. The number of nitrogens with zero attached hydrogens (tertiary/aromatic N) is 6. The largest absolute Gasteiger partial charge is 0.493 e. The van der Waals surface area contributed by atoms with Crippen molar-refractivity contribution in [2.45, 2.75) is 119 Å². The van der Waals surface area contributed by atoms with Gasteiger partial charge in [0.1, 0.15) is 0 Å². The van der Waals surface area contributed by atoms with Crippen LogP contribution in [-0.2, 0) is 134 Å². The van der Waals surface area contributed by atoms with Crippen molar-refractivity contribution >= 4 is 113 Å². The van der Waals surface area contributed by atoms with E-state index >= 15 is 0 Å². The smallest absolute Gasteiger partial charge is 0.406 e. The summed E-state index contributed by atoms with van der Waals surface area (Å²) >= 11 is 0. The second-order valence-electron chi connectivity index (χ2n) is 30.9. The normalized spacial score (nSPS) is 21.8. The van der Waals surface area contributed by atoms with Gasteiger partial charge in [0.25, 0.3) is 0 Å².